The molecule has 2 rings (SSSR count). The van der Waals surface area contributed by atoms with Crippen LogP contribution in [0, 0.1) is 0 Å². The molecule has 0 spiro atoms. The summed E-state index contributed by atoms with van der Waals surface area (Å²) in [4.78, 5) is 44.2. The number of aliphatic carboxylic acids is 1. The first-order chi connectivity index (χ1) is 11.7. The summed E-state index contributed by atoms with van der Waals surface area (Å²) in [7, 11) is 2.92. The van der Waals surface area contributed by atoms with Crippen molar-refractivity contribution in [1.82, 2.24) is 4.90 Å². The third kappa shape index (κ3) is 5.45. The van der Waals surface area contributed by atoms with Gasteiger partial charge in [0.05, 0.1) is 17.0 Å². The van der Waals surface area contributed by atoms with Crippen LogP contribution in [0.4, 0.5) is 0 Å². The van der Waals surface area contributed by atoms with Gasteiger partial charge >= 0.3 is 5.97 Å². The molecule has 8 nitrogen and oxygen atoms in total. The second kappa shape index (κ2) is 9.21. The Morgan fingerprint density at radius 2 is 1.56 bits per heavy atom. The molecule has 11 heteroatoms. The first-order valence-corrected chi connectivity index (χ1v) is 10.9. The lowest BCUT2D eigenvalue weighted by Crippen LogP contribution is -2.29. The lowest BCUT2D eigenvalue weighted by molar-refractivity contribution is -0.148. The highest BCUT2D eigenvalue weighted by Gasteiger charge is 2.36. The Balaban J connectivity index is 0.000000450. The quantitative estimate of drug-likeness (QED) is 0.432. The molecule has 1 aromatic rings. The van der Waals surface area contributed by atoms with Gasteiger partial charge in [-0.25, -0.2) is 4.79 Å². The smallest absolute Gasteiger partial charge is 0.371 e. The lowest BCUT2D eigenvalue weighted by Gasteiger charge is -2.20. The molecule has 0 aromatic heterocycles. The number of ketones is 1. The van der Waals surface area contributed by atoms with Gasteiger partial charge in [-0.15, -0.1) is 0 Å². The molecular formula is C14H16NO7PS2. The number of Topliss-reactive ketones (excluding diaryl/α,β-unsaturated/α-hetero) is 1. The minimum Gasteiger partial charge on any atom is -0.476 e. The highest BCUT2D eigenvalue weighted by Crippen LogP contribution is 2.60. The van der Waals surface area contributed by atoms with E-state index in [1.165, 1.54) is 14.2 Å². The molecule has 0 bridgehead atoms. The normalized spacial score (nSPS) is 13.2. The van der Waals surface area contributed by atoms with E-state index in [1.807, 2.05) is 0 Å². The van der Waals surface area contributed by atoms with Crippen LogP contribution in [-0.4, -0.2) is 53.7 Å². The van der Waals surface area contributed by atoms with Crippen LogP contribution in [0.1, 0.15) is 27.6 Å². The number of carboxylic acid groups (broad SMARTS) is 1. The number of carbonyl (C=O) groups excluding carboxylic acids is 3. The topological polar surface area (TPSA) is 110 Å². The van der Waals surface area contributed by atoms with Gasteiger partial charge in [0.25, 0.3) is 11.8 Å². The number of rotatable bonds is 6. The SMILES string of the molecule is CC(=O)C(=O)O.COP(=S)(OC)SCN1C(=O)c2ccccc2C1=O. The molecule has 0 radical (unpaired) electrons. The Morgan fingerprint density at radius 1 is 1.16 bits per heavy atom. The van der Waals surface area contributed by atoms with Crippen molar-refractivity contribution in [2.75, 3.05) is 20.1 Å². The number of amides is 2. The summed E-state index contributed by atoms with van der Waals surface area (Å²) in [6.07, 6.45) is 0. The van der Waals surface area contributed by atoms with Crippen molar-refractivity contribution in [2.45, 2.75) is 6.92 Å². The van der Waals surface area contributed by atoms with Crippen LogP contribution >= 0.6 is 17.1 Å². The van der Waals surface area contributed by atoms with Crippen LogP contribution < -0.4 is 0 Å². The molecule has 0 unspecified atom stereocenters. The number of fused-ring (bicyclic) bond motifs is 1. The van der Waals surface area contributed by atoms with E-state index < -0.39 is 17.4 Å². The zero-order chi connectivity index (χ0) is 19.2. The molecule has 0 saturated carbocycles. The fraction of sp³-hybridized carbons (Fsp3) is 0.286. The Hall–Kier alpha value is -1.58. The molecule has 1 heterocycles. The van der Waals surface area contributed by atoms with Crippen LogP contribution in [0.5, 0.6) is 0 Å². The van der Waals surface area contributed by atoms with Gasteiger partial charge in [0, 0.05) is 21.1 Å². The lowest BCUT2D eigenvalue weighted by atomic mass is 10.1. The largest absolute Gasteiger partial charge is 0.476 e. The summed E-state index contributed by atoms with van der Waals surface area (Å²) in [6, 6.07) is 6.75. The van der Waals surface area contributed by atoms with Crippen molar-refractivity contribution >= 4 is 52.4 Å². The van der Waals surface area contributed by atoms with Crippen LogP contribution in [0.15, 0.2) is 24.3 Å². The monoisotopic (exact) mass is 405 g/mol. The standard InChI is InChI=1S/C11H12NO4PS2.C3H4O3/c1-15-17(18,16-2)19-7-12-10(13)8-5-3-4-6-9(8)11(12)14;1-2(4)3(5)6/h3-6H,7H2,1-2H3;1H3,(H,5,6). The molecule has 0 saturated heterocycles. The van der Waals surface area contributed by atoms with E-state index in [-0.39, 0.29) is 17.7 Å². The summed E-state index contributed by atoms with van der Waals surface area (Å²) in [5.74, 6) is -2.68. The maximum atomic E-state index is 12.1. The van der Waals surface area contributed by atoms with E-state index in [4.69, 9.17) is 26.0 Å². The molecule has 136 valence electrons. The molecule has 0 atom stereocenters. The van der Waals surface area contributed by atoms with Crippen LogP contribution in [0.25, 0.3) is 0 Å². The maximum Gasteiger partial charge on any atom is 0.371 e. The molecular weight excluding hydrogens is 389 g/mol. The average Bonchev–Trinajstić information content (AvgIpc) is 2.84. The molecule has 1 N–H and O–H groups in total. The Bertz CT molecular complexity index is 697. The summed E-state index contributed by atoms with van der Waals surface area (Å²) in [5.41, 5.74) is -1.62. The minimum absolute atomic E-state index is 0.130. The third-order valence-electron chi connectivity index (χ3n) is 2.97. The highest BCUT2D eigenvalue weighted by atomic mass is 32.9. The van der Waals surface area contributed by atoms with Gasteiger partial charge in [-0.05, 0) is 35.3 Å². The Kier molecular flexibility index (Phi) is 7.91. The molecule has 0 aliphatic carbocycles. The molecule has 1 aliphatic heterocycles. The molecule has 2 amide bonds. The van der Waals surface area contributed by atoms with Crippen molar-refractivity contribution in [3.8, 4) is 0 Å². The molecule has 0 fully saturated rings. The molecule has 25 heavy (non-hydrogen) atoms. The first-order valence-electron chi connectivity index (χ1n) is 6.72. The van der Waals surface area contributed by atoms with Crippen molar-refractivity contribution in [3.63, 3.8) is 0 Å². The van der Waals surface area contributed by atoms with Gasteiger partial charge in [0.2, 0.25) is 11.5 Å². The van der Waals surface area contributed by atoms with Crippen molar-refractivity contribution in [1.29, 1.82) is 0 Å². The third-order valence-corrected chi connectivity index (χ3v) is 8.59. The number of hydrogen-bond donors (Lipinski definition) is 1. The Labute approximate surface area is 153 Å². The summed E-state index contributed by atoms with van der Waals surface area (Å²) in [5, 5.41) is 7.64. The van der Waals surface area contributed by atoms with Gasteiger partial charge in [-0.2, -0.15) is 0 Å². The number of carbonyl (C=O) groups is 4. The van der Waals surface area contributed by atoms with Gasteiger partial charge in [0.1, 0.15) is 0 Å². The van der Waals surface area contributed by atoms with E-state index in [0.717, 1.165) is 23.2 Å². The average molecular weight is 405 g/mol. The van der Waals surface area contributed by atoms with Gasteiger partial charge in [0.15, 0.2) is 0 Å². The van der Waals surface area contributed by atoms with E-state index >= 15 is 0 Å². The number of benzene rings is 1. The van der Waals surface area contributed by atoms with Crippen LogP contribution in [0.3, 0.4) is 0 Å². The minimum atomic E-state index is -2.48. The van der Waals surface area contributed by atoms with Crippen LogP contribution in [-0.2, 0) is 30.4 Å². The number of carboxylic acids is 1. The van der Waals surface area contributed by atoms with Crippen molar-refractivity contribution in [2.24, 2.45) is 0 Å². The first kappa shape index (κ1) is 21.5. The van der Waals surface area contributed by atoms with Crippen molar-refractivity contribution < 1.29 is 33.3 Å². The zero-order valence-electron chi connectivity index (χ0n) is 13.6. The zero-order valence-corrected chi connectivity index (χ0v) is 16.2. The number of imide groups is 1. The Morgan fingerprint density at radius 3 is 1.88 bits per heavy atom. The van der Waals surface area contributed by atoms with Gasteiger partial charge in [-0.3, -0.25) is 19.3 Å². The van der Waals surface area contributed by atoms with Crippen LogP contribution in [0.2, 0.25) is 0 Å². The maximum absolute atomic E-state index is 12.1. The van der Waals surface area contributed by atoms with E-state index in [1.54, 1.807) is 24.3 Å². The molecule has 1 aromatic carbocycles. The highest BCUT2D eigenvalue weighted by molar-refractivity contribution is 8.67. The predicted octanol–water partition coefficient (Wildman–Crippen LogP) is 2.15. The second-order valence-corrected chi connectivity index (χ2v) is 11.0. The number of nitrogens with zero attached hydrogens (tertiary/aromatic N) is 1. The fourth-order valence-corrected chi connectivity index (χ4v) is 4.34. The summed E-state index contributed by atoms with van der Waals surface area (Å²) >= 11 is 6.35. The van der Waals surface area contributed by atoms with E-state index in [9.17, 15) is 19.2 Å². The number of hydrogen-bond acceptors (Lipinski definition) is 8. The predicted molar refractivity (Wildman–Crippen MR) is 96.0 cm³/mol. The molecule has 1 aliphatic rings. The fourth-order valence-electron chi connectivity index (χ4n) is 1.66. The van der Waals surface area contributed by atoms with Gasteiger partial charge in [-0.1, -0.05) is 12.1 Å². The summed E-state index contributed by atoms with van der Waals surface area (Å²) in [6.45, 7) is 1.00. The van der Waals surface area contributed by atoms with Crippen molar-refractivity contribution in [3.05, 3.63) is 35.4 Å². The van der Waals surface area contributed by atoms with E-state index in [0.29, 0.717) is 11.1 Å². The van der Waals surface area contributed by atoms with E-state index in [2.05, 4.69) is 0 Å². The summed E-state index contributed by atoms with van der Waals surface area (Å²) < 4.78 is 10.2. The second-order valence-electron chi connectivity index (χ2n) is 4.52. The van der Waals surface area contributed by atoms with Gasteiger partial charge < -0.3 is 14.2 Å².